The molecule has 3 fully saturated rings. The third-order valence-electron chi connectivity index (χ3n) is 8.12. The molecule has 7 rings (SSSR count). The van der Waals surface area contributed by atoms with Gasteiger partial charge in [-0.05, 0) is 69.7 Å². The summed E-state index contributed by atoms with van der Waals surface area (Å²) in [5.41, 5.74) is 4.62. The summed E-state index contributed by atoms with van der Waals surface area (Å²) in [5, 5.41) is 31.7. The fourth-order valence-corrected chi connectivity index (χ4v) is 6.62. The first-order valence-corrected chi connectivity index (χ1v) is 14.7. The number of amides is 1. The highest BCUT2D eigenvalue weighted by Gasteiger charge is 2.35. The highest BCUT2D eigenvalue weighted by Crippen LogP contribution is 2.40. The lowest BCUT2D eigenvalue weighted by Crippen LogP contribution is -2.53. The van der Waals surface area contributed by atoms with Gasteiger partial charge in [0.2, 0.25) is 5.91 Å². The molecule has 0 radical (unpaired) electrons. The van der Waals surface area contributed by atoms with E-state index in [1.807, 2.05) is 30.5 Å². The summed E-state index contributed by atoms with van der Waals surface area (Å²) >= 11 is 1.63. The van der Waals surface area contributed by atoms with Crippen LogP contribution in [0.5, 0.6) is 0 Å². The third kappa shape index (κ3) is 4.82. The topological polar surface area (TPSA) is 130 Å². The number of rotatable bonds is 7. The van der Waals surface area contributed by atoms with Crippen LogP contribution in [-0.4, -0.2) is 55.5 Å². The number of nitriles is 1. The second-order valence-corrected chi connectivity index (χ2v) is 12.5. The van der Waals surface area contributed by atoms with Crippen LogP contribution in [0.1, 0.15) is 61.9 Å². The van der Waals surface area contributed by atoms with Crippen LogP contribution in [0.4, 0.5) is 5.69 Å². The first-order valence-electron chi connectivity index (χ1n) is 13.9. The Morgan fingerprint density at radius 1 is 1.12 bits per heavy atom. The fraction of sp³-hybridized carbons (Fsp3) is 0.448. The molecule has 10 nitrogen and oxygen atoms in total. The molecular weight excluding hydrogens is 524 g/mol. The average molecular weight is 555 g/mol. The first kappa shape index (κ1) is 25.1. The summed E-state index contributed by atoms with van der Waals surface area (Å²) in [6, 6.07) is 10.2. The molecule has 0 aromatic carbocycles. The fourth-order valence-electron chi connectivity index (χ4n) is 5.59. The SMILES string of the molecule is CC1(Nc2cc(-c3ccc4cc(C#N)cnn34)ncc2-c2nnc(C3CCC(NC(=O)C4CC4)CC3)s2)COC1. The molecule has 1 saturated heterocycles. The van der Waals surface area contributed by atoms with E-state index in [-0.39, 0.29) is 23.4 Å². The maximum absolute atomic E-state index is 12.2. The summed E-state index contributed by atoms with van der Waals surface area (Å²) in [5.74, 6) is 0.848. The van der Waals surface area contributed by atoms with E-state index in [0.29, 0.717) is 24.7 Å². The lowest BCUT2D eigenvalue weighted by atomic mass is 9.86. The molecule has 0 atom stereocenters. The van der Waals surface area contributed by atoms with Gasteiger partial charge in [0.05, 0.1) is 53.0 Å². The summed E-state index contributed by atoms with van der Waals surface area (Å²) in [6.45, 7) is 3.39. The highest BCUT2D eigenvalue weighted by molar-refractivity contribution is 7.14. The summed E-state index contributed by atoms with van der Waals surface area (Å²) in [7, 11) is 0. The molecule has 1 aliphatic heterocycles. The van der Waals surface area contributed by atoms with Crippen molar-refractivity contribution in [2.24, 2.45) is 5.92 Å². The van der Waals surface area contributed by atoms with E-state index in [1.54, 1.807) is 22.0 Å². The van der Waals surface area contributed by atoms with Crippen LogP contribution < -0.4 is 10.6 Å². The molecular formula is C29H30N8O2S. The number of pyridine rings is 1. The molecule has 1 amide bonds. The van der Waals surface area contributed by atoms with Gasteiger partial charge < -0.3 is 15.4 Å². The summed E-state index contributed by atoms with van der Waals surface area (Å²) in [4.78, 5) is 17.0. The molecule has 5 heterocycles. The van der Waals surface area contributed by atoms with Crippen molar-refractivity contribution in [2.75, 3.05) is 18.5 Å². The van der Waals surface area contributed by atoms with Crippen molar-refractivity contribution < 1.29 is 9.53 Å². The Morgan fingerprint density at radius 3 is 2.67 bits per heavy atom. The molecule has 204 valence electrons. The van der Waals surface area contributed by atoms with E-state index in [9.17, 15) is 10.1 Å². The Morgan fingerprint density at radius 2 is 1.95 bits per heavy atom. The Bertz CT molecular complexity index is 1620. The van der Waals surface area contributed by atoms with Gasteiger partial charge in [-0.2, -0.15) is 10.4 Å². The van der Waals surface area contributed by atoms with Crippen molar-refractivity contribution in [1.82, 2.24) is 30.1 Å². The molecule has 2 aliphatic carbocycles. The van der Waals surface area contributed by atoms with E-state index in [0.717, 1.165) is 76.7 Å². The van der Waals surface area contributed by atoms with Gasteiger partial charge in [0, 0.05) is 29.8 Å². The molecule has 3 aliphatic rings. The van der Waals surface area contributed by atoms with Crippen LogP contribution in [0.15, 0.2) is 36.7 Å². The molecule has 4 aromatic heterocycles. The van der Waals surface area contributed by atoms with E-state index in [2.05, 4.69) is 38.9 Å². The van der Waals surface area contributed by atoms with Gasteiger partial charge in [-0.3, -0.25) is 9.78 Å². The normalized spacial score (nSPS) is 21.9. The number of aromatic nitrogens is 5. The van der Waals surface area contributed by atoms with Gasteiger partial charge in [-0.15, -0.1) is 10.2 Å². The van der Waals surface area contributed by atoms with Crippen LogP contribution in [0.2, 0.25) is 0 Å². The van der Waals surface area contributed by atoms with Crippen molar-refractivity contribution in [2.45, 2.75) is 62.9 Å². The van der Waals surface area contributed by atoms with Gasteiger partial charge in [-0.25, -0.2) is 4.52 Å². The van der Waals surface area contributed by atoms with Gasteiger partial charge >= 0.3 is 0 Å². The van der Waals surface area contributed by atoms with Crippen LogP contribution in [0.25, 0.3) is 27.5 Å². The average Bonchev–Trinajstić information content (AvgIpc) is 3.55. The number of ether oxygens (including phenoxy) is 1. The Kier molecular flexibility index (Phi) is 6.24. The third-order valence-corrected chi connectivity index (χ3v) is 9.23. The van der Waals surface area contributed by atoms with Gasteiger partial charge in [0.1, 0.15) is 11.1 Å². The van der Waals surface area contributed by atoms with Crippen molar-refractivity contribution >= 4 is 28.4 Å². The minimum absolute atomic E-state index is 0.175. The molecule has 2 saturated carbocycles. The maximum atomic E-state index is 12.2. The quantitative estimate of drug-likeness (QED) is 0.341. The monoisotopic (exact) mass is 554 g/mol. The predicted octanol–water partition coefficient (Wildman–Crippen LogP) is 4.54. The molecule has 0 unspecified atom stereocenters. The number of carbonyl (C=O) groups excluding carboxylic acids is 1. The Hall–Kier alpha value is -3.88. The Balaban J connectivity index is 1.14. The maximum Gasteiger partial charge on any atom is 0.223 e. The number of anilines is 1. The van der Waals surface area contributed by atoms with Gasteiger partial charge in [0.15, 0.2) is 5.01 Å². The van der Waals surface area contributed by atoms with Crippen molar-refractivity contribution in [3.8, 4) is 28.0 Å². The minimum Gasteiger partial charge on any atom is -0.376 e. The van der Waals surface area contributed by atoms with Crippen LogP contribution in [0.3, 0.4) is 0 Å². The smallest absolute Gasteiger partial charge is 0.223 e. The number of carbonyl (C=O) groups is 1. The van der Waals surface area contributed by atoms with E-state index in [4.69, 9.17) is 9.72 Å². The van der Waals surface area contributed by atoms with Crippen LogP contribution in [-0.2, 0) is 9.53 Å². The lowest BCUT2D eigenvalue weighted by Gasteiger charge is -2.40. The standard InChI is InChI=1S/C29H30N8O2S/c1-29(15-39-16-29)34-23-11-24(25-9-8-21-10-17(12-30)13-32-37(21)25)31-14-22(23)28-36-35-27(40-28)19-4-6-20(7-5-19)33-26(38)18-2-3-18/h8-11,13-14,18-20H,2-7,15-16H2,1H3,(H,31,34)(H,33,38). The van der Waals surface area contributed by atoms with Gasteiger partial charge in [-0.1, -0.05) is 11.3 Å². The molecule has 40 heavy (non-hydrogen) atoms. The lowest BCUT2D eigenvalue weighted by molar-refractivity contribution is -0.123. The number of hydrogen-bond acceptors (Lipinski definition) is 9. The molecule has 4 aromatic rings. The largest absolute Gasteiger partial charge is 0.376 e. The van der Waals surface area contributed by atoms with E-state index < -0.39 is 0 Å². The molecule has 0 spiro atoms. The Labute approximate surface area is 235 Å². The number of nitrogens with one attached hydrogen (secondary N) is 2. The number of hydrogen-bond donors (Lipinski definition) is 2. The predicted molar refractivity (Wildman–Crippen MR) is 151 cm³/mol. The first-order chi connectivity index (χ1) is 19.5. The highest BCUT2D eigenvalue weighted by atomic mass is 32.1. The molecule has 0 bridgehead atoms. The van der Waals surface area contributed by atoms with Crippen molar-refractivity contribution in [3.05, 3.63) is 47.2 Å². The zero-order valence-corrected chi connectivity index (χ0v) is 23.1. The second-order valence-electron chi connectivity index (χ2n) is 11.5. The number of nitrogens with zero attached hydrogens (tertiary/aromatic N) is 6. The van der Waals surface area contributed by atoms with Crippen molar-refractivity contribution in [3.63, 3.8) is 0 Å². The summed E-state index contributed by atoms with van der Waals surface area (Å²) < 4.78 is 7.30. The van der Waals surface area contributed by atoms with Crippen LogP contribution in [0, 0.1) is 17.2 Å². The molecule has 2 N–H and O–H groups in total. The second kappa shape index (κ2) is 9.94. The number of fused-ring (bicyclic) bond motifs is 1. The van der Waals surface area contributed by atoms with Crippen LogP contribution >= 0.6 is 11.3 Å². The summed E-state index contributed by atoms with van der Waals surface area (Å²) in [6.07, 6.45) is 9.47. The van der Waals surface area contributed by atoms with Gasteiger partial charge in [0.25, 0.3) is 0 Å². The van der Waals surface area contributed by atoms with E-state index >= 15 is 0 Å². The zero-order valence-electron chi connectivity index (χ0n) is 22.3. The molecule has 11 heteroatoms. The van der Waals surface area contributed by atoms with E-state index in [1.165, 1.54) is 0 Å². The minimum atomic E-state index is -0.175. The zero-order chi connectivity index (χ0) is 27.3. The van der Waals surface area contributed by atoms with Crippen molar-refractivity contribution in [1.29, 1.82) is 5.26 Å².